The van der Waals surface area contributed by atoms with E-state index in [4.69, 9.17) is 9.84 Å². The summed E-state index contributed by atoms with van der Waals surface area (Å²) < 4.78 is 5.26. The van der Waals surface area contributed by atoms with Crippen LogP contribution in [0.4, 0.5) is 0 Å². The van der Waals surface area contributed by atoms with Crippen LogP contribution in [0.25, 0.3) is 0 Å². The summed E-state index contributed by atoms with van der Waals surface area (Å²) in [5.41, 5.74) is 0. The molecule has 5 nitrogen and oxygen atoms in total. The summed E-state index contributed by atoms with van der Waals surface area (Å²) in [6, 6.07) is -0.354. The molecule has 2 aliphatic rings. The van der Waals surface area contributed by atoms with E-state index in [2.05, 4.69) is 10.2 Å². The van der Waals surface area contributed by atoms with Crippen molar-refractivity contribution in [1.29, 1.82) is 0 Å². The van der Waals surface area contributed by atoms with Crippen molar-refractivity contribution >= 4 is 5.97 Å². The summed E-state index contributed by atoms with van der Waals surface area (Å²) in [6.07, 6.45) is 0.967. The van der Waals surface area contributed by atoms with Gasteiger partial charge in [0.1, 0.15) is 6.04 Å². The lowest BCUT2D eigenvalue weighted by atomic mass is 10.00. The van der Waals surface area contributed by atoms with E-state index in [-0.39, 0.29) is 12.0 Å². The summed E-state index contributed by atoms with van der Waals surface area (Å²) >= 11 is 0. The third-order valence-corrected chi connectivity index (χ3v) is 3.21. The van der Waals surface area contributed by atoms with Gasteiger partial charge in [-0.3, -0.25) is 9.69 Å². The number of carboxylic acid groups (broad SMARTS) is 1. The standard InChI is InChI=1S/C10H18N2O3/c13-10(14)9-8(1-2-11-9)7-12-3-5-15-6-4-12/h8-9,11H,1-7H2,(H,13,14)/t8-,9+/m1/s1. The van der Waals surface area contributed by atoms with Crippen LogP contribution in [-0.2, 0) is 9.53 Å². The van der Waals surface area contributed by atoms with Crippen molar-refractivity contribution in [2.75, 3.05) is 39.4 Å². The molecule has 15 heavy (non-hydrogen) atoms. The van der Waals surface area contributed by atoms with Gasteiger partial charge in [0, 0.05) is 19.6 Å². The average Bonchev–Trinajstić information content (AvgIpc) is 2.67. The highest BCUT2D eigenvalue weighted by Gasteiger charge is 2.33. The zero-order chi connectivity index (χ0) is 10.7. The molecule has 0 unspecified atom stereocenters. The van der Waals surface area contributed by atoms with Gasteiger partial charge in [-0.05, 0) is 18.9 Å². The molecule has 0 aromatic heterocycles. The van der Waals surface area contributed by atoms with Gasteiger partial charge in [-0.1, -0.05) is 0 Å². The number of aliphatic carboxylic acids is 1. The van der Waals surface area contributed by atoms with Crippen molar-refractivity contribution in [3.05, 3.63) is 0 Å². The molecule has 2 aliphatic heterocycles. The quantitative estimate of drug-likeness (QED) is 0.655. The molecule has 2 saturated heterocycles. The Hall–Kier alpha value is -0.650. The Balaban J connectivity index is 1.84. The number of carbonyl (C=O) groups is 1. The zero-order valence-corrected chi connectivity index (χ0v) is 8.82. The SMILES string of the molecule is O=C(O)[C@H]1NCC[C@@H]1CN1CCOCC1. The first-order valence-corrected chi connectivity index (χ1v) is 5.53. The van der Waals surface area contributed by atoms with E-state index in [0.29, 0.717) is 0 Å². The molecule has 0 bridgehead atoms. The Kier molecular flexibility index (Phi) is 3.56. The second-order valence-electron chi connectivity index (χ2n) is 4.23. The minimum Gasteiger partial charge on any atom is -0.480 e. The number of hydrogen-bond donors (Lipinski definition) is 2. The lowest BCUT2D eigenvalue weighted by molar-refractivity contribution is -0.140. The monoisotopic (exact) mass is 214 g/mol. The molecule has 2 atom stereocenters. The fraction of sp³-hybridized carbons (Fsp3) is 0.900. The van der Waals surface area contributed by atoms with Gasteiger partial charge in [-0.25, -0.2) is 0 Å². The molecule has 0 radical (unpaired) electrons. The van der Waals surface area contributed by atoms with Crippen LogP contribution in [-0.4, -0.2) is 61.4 Å². The third kappa shape index (κ3) is 2.68. The number of rotatable bonds is 3. The maximum absolute atomic E-state index is 10.9. The molecule has 2 N–H and O–H groups in total. The van der Waals surface area contributed by atoms with E-state index in [1.807, 2.05) is 0 Å². The predicted molar refractivity (Wildman–Crippen MR) is 54.8 cm³/mol. The lowest BCUT2D eigenvalue weighted by Crippen LogP contribution is -2.44. The third-order valence-electron chi connectivity index (χ3n) is 3.21. The number of morpholine rings is 1. The molecule has 2 rings (SSSR count). The van der Waals surface area contributed by atoms with Crippen LogP contribution in [0.15, 0.2) is 0 Å². The topological polar surface area (TPSA) is 61.8 Å². The van der Waals surface area contributed by atoms with Gasteiger partial charge in [-0.15, -0.1) is 0 Å². The fourth-order valence-corrected chi connectivity index (χ4v) is 2.36. The molecular weight excluding hydrogens is 196 g/mol. The molecular formula is C10H18N2O3. The first kappa shape index (κ1) is 10.9. The molecule has 86 valence electrons. The van der Waals surface area contributed by atoms with Crippen molar-refractivity contribution < 1.29 is 14.6 Å². The number of carboxylic acids is 1. The second-order valence-corrected chi connectivity index (χ2v) is 4.23. The van der Waals surface area contributed by atoms with Crippen LogP contribution in [0.3, 0.4) is 0 Å². The summed E-state index contributed by atoms with van der Waals surface area (Å²) in [6.45, 7) is 5.13. The Morgan fingerprint density at radius 2 is 2.20 bits per heavy atom. The van der Waals surface area contributed by atoms with Crippen molar-refractivity contribution in [3.8, 4) is 0 Å². The lowest BCUT2D eigenvalue weighted by Gasteiger charge is -2.30. The van der Waals surface area contributed by atoms with Crippen molar-refractivity contribution in [3.63, 3.8) is 0 Å². The summed E-state index contributed by atoms with van der Waals surface area (Å²) in [5, 5.41) is 12.0. The highest BCUT2D eigenvalue weighted by molar-refractivity contribution is 5.74. The van der Waals surface area contributed by atoms with Gasteiger partial charge in [0.05, 0.1) is 13.2 Å². The number of hydrogen-bond acceptors (Lipinski definition) is 4. The zero-order valence-electron chi connectivity index (χ0n) is 8.82. The first-order valence-electron chi connectivity index (χ1n) is 5.53. The van der Waals surface area contributed by atoms with Gasteiger partial charge >= 0.3 is 5.97 Å². The van der Waals surface area contributed by atoms with E-state index < -0.39 is 5.97 Å². The van der Waals surface area contributed by atoms with Gasteiger partial charge in [0.25, 0.3) is 0 Å². The van der Waals surface area contributed by atoms with Crippen molar-refractivity contribution in [1.82, 2.24) is 10.2 Å². The maximum Gasteiger partial charge on any atom is 0.321 e. The number of nitrogens with one attached hydrogen (secondary N) is 1. The normalized spacial score (nSPS) is 33.1. The number of ether oxygens (including phenoxy) is 1. The molecule has 0 spiro atoms. The van der Waals surface area contributed by atoms with Crippen molar-refractivity contribution in [2.24, 2.45) is 5.92 Å². The minimum atomic E-state index is -0.717. The summed E-state index contributed by atoms with van der Waals surface area (Å²) in [7, 11) is 0. The van der Waals surface area contributed by atoms with Crippen LogP contribution >= 0.6 is 0 Å². The van der Waals surface area contributed by atoms with E-state index >= 15 is 0 Å². The minimum absolute atomic E-state index is 0.251. The summed E-state index contributed by atoms with van der Waals surface area (Å²) in [4.78, 5) is 13.3. The average molecular weight is 214 g/mol. The maximum atomic E-state index is 10.9. The Bertz CT molecular complexity index is 229. The van der Waals surface area contributed by atoms with E-state index in [1.54, 1.807) is 0 Å². The Morgan fingerprint density at radius 1 is 1.47 bits per heavy atom. The first-order chi connectivity index (χ1) is 7.27. The molecule has 0 amide bonds. The highest BCUT2D eigenvalue weighted by Crippen LogP contribution is 2.17. The molecule has 0 aromatic carbocycles. The molecule has 0 aromatic rings. The van der Waals surface area contributed by atoms with E-state index in [9.17, 15) is 4.79 Å². The second kappa shape index (κ2) is 4.92. The van der Waals surface area contributed by atoms with Crippen LogP contribution in [0.5, 0.6) is 0 Å². The van der Waals surface area contributed by atoms with E-state index in [0.717, 1.165) is 45.8 Å². The molecule has 2 heterocycles. The predicted octanol–water partition coefficient (Wildman–Crippen LogP) is -0.619. The summed E-state index contributed by atoms with van der Waals surface area (Å²) in [5.74, 6) is -0.466. The van der Waals surface area contributed by atoms with E-state index in [1.165, 1.54) is 0 Å². The Morgan fingerprint density at radius 3 is 2.87 bits per heavy atom. The molecule has 0 aliphatic carbocycles. The molecule has 5 heteroatoms. The van der Waals surface area contributed by atoms with Gasteiger partial charge < -0.3 is 15.2 Å². The van der Waals surface area contributed by atoms with Crippen LogP contribution in [0, 0.1) is 5.92 Å². The van der Waals surface area contributed by atoms with Crippen LogP contribution in [0.1, 0.15) is 6.42 Å². The fourth-order valence-electron chi connectivity index (χ4n) is 2.36. The highest BCUT2D eigenvalue weighted by atomic mass is 16.5. The van der Waals surface area contributed by atoms with Crippen molar-refractivity contribution in [2.45, 2.75) is 12.5 Å². The van der Waals surface area contributed by atoms with Crippen LogP contribution in [0.2, 0.25) is 0 Å². The Labute approximate surface area is 89.4 Å². The van der Waals surface area contributed by atoms with Gasteiger partial charge in [-0.2, -0.15) is 0 Å². The number of nitrogens with zero attached hydrogens (tertiary/aromatic N) is 1. The van der Waals surface area contributed by atoms with Gasteiger partial charge in [0.15, 0.2) is 0 Å². The molecule has 2 fully saturated rings. The van der Waals surface area contributed by atoms with Gasteiger partial charge in [0.2, 0.25) is 0 Å². The smallest absolute Gasteiger partial charge is 0.321 e. The molecule has 0 saturated carbocycles. The largest absolute Gasteiger partial charge is 0.480 e. The van der Waals surface area contributed by atoms with Crippen LogP contribution < -0.4 is 5.32 Å².